The van der Waals surface area contributed by atoms with E-state index in [0.29, 0.717) is 5.02 Å². The zero-order chi connectivity index (χ0) is 17.2. The third kappa shape index (κ3) is 3.35. The number of halogens is 1. The normalized spacial score (nSPS) is 14.8. The highest BCUT2D eigenvalue weighted by molar-refractivity contribution is 6.30. The van der Waals surface area contributed by atoms with E-state index in [1.807, 2.05) is 61.5 Å². The van der Waals surface area contributed by atoms with Crippen LogP contribution in [0.1, 0.15) is 35.2 Å². The van der Waals surface area contributed by atoms with Gasteiger partial charge in [0.1, 0.15) is 0 Å². The molecule has 3 heteroatoms. The number of hydrogen-bond donors (Lipinski definition) is 1. The van der Waals surface area contributed by atoms with Crippen molar-refractivity contribution in [1.29, 1.82) is 0 Å². The van der Waals surface area contributed by atoms with Crippen molar-refractivity contribution in [3.63, 3.8) is 0 Å². The van der Waals surface area contributed by atoms with Crippen molar-refractivity contribution in [3.05, 3.63) is 100 Å². The summed E-state index contributed by atoms with van der Waals surface area (Å²) >= 11 is 6.14. The maximum absolute atomic E-state index is 11.4. The summed E-state index contributed by atoms with van der Waals surface area (Å²) in [6.45, 7) is 3.87. The fourth-order valence-corrected chi connectivity index (χ4v) is 3.25. The van der Waals surface area contributed by atoms with E-state index in [2.05, 4.69) is 24.0 Å². The van der Waals surface area contributed by atoms with Crippen LogP contribution in [0, 0.1) is 6.92 Å². The molecule has 0 unspecified atom stereocenters. The van der Waals surface area contributed by atoms with Gasteiger partial charge in [-0.25, -0.2) is 0 Å². The lowest BCUT2D eigenvalue weighted by Gasteiger charge is -2.34. The third-order valence-corrected chi connectivity index (χ3v) is 4.60. The summed E-state index contributed by atoms with van der Waals surface area (Å²) < 4.78 is 0. The Morgan fingerprint density at radius 1 is 1.00 bits per heavy atom. The van der Waals surface area contributed by atoms with Gasteiger partial charge in [-0.2, -0.15) is 0 Å². The van der Waals surface area contributed by atoms with Gasteiger partial charge < -0.3 is 5.11 Å². The van der Waals surface area contributed by atoms with Crippen molar-refractivity contribution in [2.75, 3.05) is 0 Å². The summed E-state index contributed by atoms with van der Waals surface area (Å²) in [4.78, 5) is 4.50. The Kier molecular flexibility index (Phi) is 4.70. The molecular formula is C21H20ClNO. The molecule has 0 saturated heterocycles. The van der Waals surface area contributed by atoms with Crippen LogP contribution in [0.2, 0.25) is 5.02 Å². The number of aryl methyl sites for hydroxylation is 1. The van der Waals surface area contributed by atoms with E-state index in [1.54, 1.807) is 6.20 Å². The number of pyridine rings is 1. The molecule has 2 nitrogen and oxygen atoms in total. The van der Waals surface area contributed by atoms with E-state index in [4.69, 9.17) is 11.6 Å². The Bertz CT molecular complexity index is 813. The van der Waals surface area contributed by atoms with Crippen molar-refractivity contribution in [2.24, 2.45) is 0 Å². The molecule has 0 aliphatic carbocycles. The number of aromatic nitrogens is 1. The van der Waals surface area contributed by atoms with Gasteiger partial charge in [0.2, 0.25) is 0 Å². The quantitative estimate of drug-likeness (QED) is 0.720. The van der Waals surface area contributed by atoms with Crippen molar-refractivity contribution in [2.45, 2.75) is 25.4 Å². The second-order valence-corrected chi connectivity index (χ2v) is 6.69. The molecular weight excluding hydrogens is 318 g/mol. The zero-order valence-electron chi connectivity index (χ0n) is 13.8. The van der Waals surface area contributed by atoms with Gasteiger partial charge in [0.15, 0.2) is 0 Å². The molecule has 0 bridgehead atoms. The van der Waals surface area contributed by atoms with Crippen LogP contribution in [0.15, 0.2) is 72.9 Å². The van der Waals surface area contributed by atoms with E-state index >= 15 is 0 Å². The first-order valence-corrected chi connectivity index (χ1v) is 8.32. The molecule has 0 fully saturated rings. The molecule has 0 radical (unpaired) electrons. The molecule has 1 aromatic heterocycles. The van der Waals surface area contributed by atoms with Crippen molar-refractivity contribution < 1.29 is 5.11 Å². The predicted molar refractivity (Wildman–Crippen MR) is 98.3 cm³/mol. The Morgan fingerprint density at radius 3 is 2.38 bits per heavy atom. The predicted octanol–water partition coefficient (Wildman–Crippen LogP) is 5.08. The van der Waals surface area contributed by atoms with E-state index in [0.717, 1.165) is 16.8 Å². The summed E-state index contributed by atoms with van der Waals surface area (Å²) in [6, 6.07) is 21.4. The first kappa shape index (κ1) is 16.7. The molecule has 0 spiro atoms. The standard InChI is InChI=1S/C21H20ClNO/c1-15-9-11-16(12-10-15)20(19-8-3-4-13-23-19)21(2,24)17-6-5-7-18(22)14-17/h3-14,20,24H,1-2H3/t20-,21+/m1/s1. The number of aliphatic hydroxyl groups is 1. The molecule has 0 amide bonds. The molecule has 1 N–H and O–H groups in total. The van der Waals surface area contributed by atoms with Crippen LogP contribution in [-0.2, 0) is 5.60 Å². The van der Waals surface area contributed by atoms with Crippen LogP contribution in [0.5, 0.6) is 0 Å². The van der Waals surface area contributed by atoms with Gasteiger partial charge in [-0.1, -0.05) is 59.6 Å². The molecule has 1 heterocycles. The Morgan fingerprint density at radius 2 is 1.75 bits per heavy atom. The number of benzene rings is 2. The molecule has 0 saturated carbocycles. The van der Waals surface area contributed by atoms with Gasteiger partial charge in [-0.05, 0) is 49.2 Å². The monoisotopic (exact) mass is 337 g/mol. The van der Waals surface area contributed by atoms with E-state index in [1.165, 1.54) is 5.56 Å². The Hall–Kier alpha value is -2.16. The molecule has 2 aromatic carbocycles. The van der Waals surface area contributed by atoms with Gasteiger partial charge in [0.25, 0.3) is 0 Å². The second-order valence-electron chi connectivity index (χ2n) is 6.26. The fourth-order valence-electron chi connectivity index (χ4n) is 3.06. The maximum atomic E-state index is 11.4. The van der Waals surface area contributed by atoms with Crippen LogP contribution in [0.4, 0.5) is 0 Å². The lowest BCUT2D eigenvalue weighted by molar-refractivity contribution is 0.0380. The highest BCUT2D eigenvalue weighted by Gasteiger charge is 2.37. The van der Waals surface area contributed by atoms with Crippen LogP contribution in [0.25, 0.3) is 0 Å². The van der Waals surface area contributed by atoms with Crippen LogP contribution < -0.4 is 0 Å². The maximum Gasteiger partial charge on any atom is 0.0992 e. The zero-order valence-corrected chi connectivity index (χ0v) is 14.5. The smallest absolute Gasteiger partial charge is 0.0992 e. The van der Waals surface area contributed by atoms with Crippen LogP contribution >= 0.6 is 11.6 Å². The van der Waals surface area contributed by atoms with E-state index < -0.39 is 5.60 Å². The second kappa shape index (κ2) is 6.76. The van der Waals surface area contributed by atoms with E-state index in [9.17, 15) is 5.11 Å². The third-order valence-electron chi connectivity index (χ3n) is 4.37. The molecule has 2 atom stereocenters. The average molecular weight is 338 g/mol. The number of rotatable bonds is 4. The van der Waals surface area contributed by atoms with Gasteiger partial charge in [0, 0.05) is 11.2 Å². The molecule has 24 heavy (non-hydrogen) atoms. The van der Waals surface area contributed by atoms with E-state index in [-0.39, 0.29) is 5.92 Å². The Balaban J connectivity index is 2.15. The highest BCUT2D eigenvalue weighted by atomic mass is 35.5. The van der Waals surface area contributed by atoms with Crippen LogP contribution in [0.3, 0.4) is 0 Å². The van der Waals surface area contributed by atoms with Gasteiger partial charge >= 0.3 is 0 Å². The molecule has 3 rings (SSSR count). The summed E-state index contributed by atoms with van der Waals surface area (Å²) in [7, 11) is 0. The molecule has 122 valence electrons. The molecule has 3 aromatic rings. The summed E-state index contributed by atoms with van der Waals surface area (Å²) in [5, 5.41) is 12.1. The highest BCUT2D eigenvalue weighted by Crippen LogP contribution is 2.41. The lowest BCUT2D eigenvalue weighted by atomic mass is 9.76. The minimum Gasteiger partial charge on any atom is -0.384 e. The van der Waals surface area contributed by atoms with Gasteiger partial charge in [-0.15, -0.1) is 0 Å². The Labute approximate surface area is 147 Å². The summed E-state index contributed by atoms with van der Waals surface area (Å²) in [6.07, 6.45) is 1.75. The summed E-state index contributed by atoms with van der Waals surface area (Å²) in [5.41, 5.74) is 2.65. The summed E-state index contributed by atoms with van der Waals surface area (Å²) in [5.74, 6) is -0.294. The van der Waals surface area contributed by atoms with Crippen LogP contribution in [-0.4, -0.2) is 10.1 Å². The minimum atomic E-state index is -1.14. The first-order chi connectivity index (χ1) is 11.5. The van der Waals surface area contributed by atoms with Gasteiger partial charge in [0.05, 0.1) is 17.2 Å². The fraction of sp³-hybridized carbons (Fsp3) is 0.190. The van der Waals surface area contributed by atoms with Gasteiger partial charge in [-0.3, -0.25) is 4.98 Å². The SMILES string of the molecule is Cc1ccc([C@H](c2ccccn2)[C@@](C)(O)c2cccc(Cl)c2)cc1. The number of hydrogen-bond acceptors (Lipinski definition) is 2. The largest absolute Gasteiger partial charge is 0.384 e. The van der Waals surface area contributed by atoms with Crippen molar-refractivity contribution in [3.8, 4) is 0 Å². The average Bonchev–Trinajstić information content (AvgIpc) is 2.58. The minimum absolute atomic E-state index is 0.294. The molecule has 0 aliphatic heterocycles. The van der Waals surface area contributed by atoms with Crippen molar-refractivity contribution >= 4 is 11.6 Å². The molecule has 0 aliphatic rings. The number of nitrogens with zero attached hydrogens (tertiary/aromatic N) is 1. The van der Waals surface area contributed by atoms with Crippen molar-refractivity contribution in [1.82, 2.24) is 4.98 Å². The first-order valence-electron chi connectivity index (χ1n) is 7.94. The topological polar surface area (TPSA) is 33.1 Å². The lowest BCUT2D eigenvalue weighted by Crippen LogP contribution is -2.31.